The molecule has 0 aliphatic carbocycles. The predicted octanol–water partition coefficient (Wildman–Crippen LogP) is 2.93. The monoisotopic (exact) mass is 353 g/mol. The molecule has 0 spiro atoms. The molecule has 0 aromatic heterocycles. The molecule has 1 amide bonds. The van der Waals surface area contributed by atoms with Gasteiger partial charge in [0, 0.05) is 11.6 Å². The Bertz CT molecular complexity index is 669. The summed E-state index contributed by atoms with van der Waals surface area (Å²) >= 11 is 6.06. The molecule has 1 aromatic carbocycles. The van der Waals surface area contributed by atoms with E-state index in [0.29, 0.717) is 22.1 Å². The van der Waals surface area contributed by atoms with Crippen LogP contribution in [-0.4, -0.2) is 30.8 Å². The third-order valence-electron chi connectivity index (χ3n) is 3.57. The van der Waals surface area contributed by atoms with Gasteiger partial charge in [0.05, 0.1) is 5.02 Å². The van der Waals surface area contributed by atoms with Crippen LogP contribution in [0.15, 0.2) is 18.2 Å². The highest BCUT2D eigenvalue weighted by Gasteiger charge is 2.19. The van der Waals surface area contributed by atoms with Gasteiger partial charge < -0.3 is 19.5 Å². The second-order valence-electron chi connectivity index (χ2n) is 5.96. The number of hydrogen-bond donors (Lipinski definition) is 1. The third-order valence-corrected chi connectivity index (χ3v) is 3.85. The first kappa shape index (κ1) is 18.1. The quantitative estimate of drug-likeness (QED) is 0.628. The van der Waals surface area contributed by atoms with Gasteiger partial charge in [0.2, 0.25) is 6.79 Å². The fourth-order valence-electron chi connectivity index (χ4n) is 1.93. The highest BCUT2D eigenvalue weighted by Crippen LogP contribution is 2.40. The van der Waals surface area contributed by atoms with Crippen LogP contribution >= 0.6 is 11.6 Å². The Morgan fingerprint density at radius 3 is 2.83 bits per heavy atom. The maximum Gasteiger partial charge on any atom is 0.331 e. The molecular formula is C17H20ClNO5. The van der Waals surface area contributed by atoms with Crippen LogP contribution in [0.25, 0.3) is 6.08 Å². The van der Waals surface area contributed by atoms with Crippen LogP contribution in [0.2, 0.25) is 5.02 Å². The van der Waals surface area contributed by atoms with Gasteiger partial charge in [-0.2, -0.15) is 0 Å². The molecule has 1 aliphatic rings. The van der Waals surface area contributed by atoms with E-state index >= 15 is 0 Å². The van der Waals surface area contributed by atoms with Crippen molar-refractivity contribution < 1.29 is 23.8 Å². The van der Waals surface area contributed by atoms with E-state index in [4.69, 9.17) is 25.8 Å². The van der Waals surface area contributed by atoms with Crippen LogP contribution < -0.4 is 14.8 Å². The standard InChI is InChI=1S/C17H20ClNO5/c1-4-17(2,3)19-14(20)9-22-15(21)6-5-11-7-12(18)16-13(8-11)23-10-24-16/h5-8H,4,9-10H2,1-3H3,(H,19,20)/b6-5+. The third kappa shape index (κ3) is 4.89. The van der Waals surface area contributed by atoms with Crippen molar-refractivity contribution in [3.63, 3.8) is 0 Å². The molecule has 1 aromatic rings. The van der Waals surface area contributed by atoms with Gasteiger partial charge >= 0.3 is 5.97 Å². The number of benzene rings is 1. The smallest absolute Gasteiger partial charge is 0.331 e. The summed E-state index contributed by atoms with van der Waals surface area (Å²) in [6.07, 6.45) is 3.54. The number of nitrogens with one attached hydrogen (secondary N) is 1. The lowest BCUT2D eigenvalue weighted by molar-refractivity contribution is -0.144. The van der Waals surface area contributed by atoms with Gasteiger partial charge in [-0.3, -0.25) is 4.79 Å². The van der Waals surface area contributed by atoms with Crippen LogP contribution in [-0.2, 0) is 14.3 Å². The molecule has 0 radical (unpaired) electrons. The Morgan fingerprint density at radius 2 is 2.12 bits per heavy atom. The Hall–Kier alpha value is -2.21. The van der Waals surface area contributed by atoms with Crippen molar-refractivity contribution in [2.24, 2.45) is 0 Å². The molecule has 130 valence electrons. The maximum atomic E-state index is 11.7. The highest BCUT2D eigenvalue weighted by molar-refractivity contribution is 6.32. The summed E-state index contributed by atoms with van der Waals surface area (Å²) in [6, 6.07) is 3.35. The fraction of sp³-hybridized carbons (Fsp3) is 0.412. The average molecular weight is 354 g/mol. The Kier molecular flexibility index (Phi) is 5.72. The molecule has 0 saturated carbocycles. The van der Waals surface area contributed by atoms with Gasteiger partial charge in [0.25, 0.3) is 5.91 Å². The first-order valence-corrected chi connectivity index (χ1v) is 7.93. The van der Waals surface area contributed by atoms with Crippen LogP contribution in [0.1, 0.15) is 32.8 Å². The number of hydrogen-bond acceptors (Lipinski definition) is 5. The lowest BCUT2D eigenvalue weighted by Crippen LogP contribution is -2.44. The van der Waals surface area contributed by atoms with Crippen LogP contribution in [0.3, 0.4) is 0 Å². The minimum atomic E-state index is -0.617. The number of esters is 1. The fourth-order valence-corrected chi connectivity index (χ4v) is 2.21. The zero-order valence-corrected chi connectivity index (χ0v) is 14.6. The Balaban J connectivity index is 1.87. The molecule has 1 aliphatic heterocycles. The molecule has 0 saturated heterocycles. The molecule has 0 unspecified atom stereocenters. The minimum absolute atomic E-state index is 0.119. The lowest BCUT2D eigenvalue weighted by atomic mass is 10.0. The number of amides is 1. The van der Waals surface area contributed by atoms with Crippen molar-refractivity contribution in [1.29, 1.82) is 0 Å². The summed E-state index contributed by atoms with van der Waals surface area (Å²) in [7, 11) is 0. The van der Waals surface area contributed by atoms with Gasteiger partial charge in [-0.25, -0.2) is 4.79 Å². The Labute approximate surface area is 145 Å². The topological polar surface area (TPSA) is 73.9 Å². The first-order valence-electron chi connectivity index (χ1n) is 7.56. The zero-order valence-electron chi connectivity index (χ0n) is 13.8. The van der Waals surface area contributed by atoms with E-state index in [2.05, 4.69) is 5.32 Å². The van der Waals surface area contributed by atoms with Crippen molar-refractivity contribution in [1.82, 2.24) is 5.32 Å². The molecule has 1 heterocycles. The highest BCUT2D eigenvalue weighted by atomic mass is 35.5. The summed E-state index contributed by atoms with van der Waals surface area (Å²) < 4.78 is 15.4. The molecule has 0 atom stereocenters. The minimum Gasteiger partial charge on any atom is -0.454 e. The molecular weight excluding hydrogens is 334 g/mol. The predicted molar refractivity (Wildman–Crippen MR) is 90.1 cm³/mol. The van der Waals surface area contributed by atoms with E-state index in [-0.39, 0.29) is 24.8 Å². The van der Waals surface area contributed by atoms with Gasteiger partial charge in [-0.15, -0.1) is 0 Å². The van der Waals surface area contributed by atoms with E-state index in [9.17, 15) is 9.59 Å². The second kappa shape index (κ2) is 7.57. The number of rotatable bonds is 6. The van der Waals surface area contributed by atoms with Crippen molar-refractivity contribution in [2.45, 2.75) is 32.7 Å². The largest absolute Gasteiger partial charge is 0.454 e. The van der Waals surface area contributed by atoms with Crippen LogP contribution in [0, 0.1) is 0 Å². The maximum absolute atomic E-state index is 11.7. The number of fused-ring (bicyclic) bond motifs is 1. The molecule has 0 fully saturated rings. The van der Waals surface area contributed by atoms with Crippen molar-refractivity contribution in [2.75, 3.05) is 13.4 Å². The van der Waals surface area contributed by atoms with Crippen molar-refractivity contribution in [3.05, 3.63) is 28.8 Å². The molecule has 2 rings (SSSR count). The number of carbonyl (C=O) groups excluding carboxylic acids is 2. The zero-order chi connectivity index (χ0) is 17.7. The summed E-state index contributed by atoms with van der Waals surface area (Å²) in [5.74, 6) is 0.0614. The van der Waals surface area contributed by atoms with E-state index in [1.807, 2.05) is 20.8 Å². The van der Waals surface area contributed by atoms with E-state index in [0.717, 1.165) is 6.42 Å². The summed E-state index contributed by atoms with van der Waals surface area (Å²) in [5, 5.41) is 3.18. The molecule has 24 heavy (non-hydrogen) atoms. The summed E-state index contributed by atoms with van der Waals surface area (Å²) in [6.45, 7) is 5.56. The molecule has 6 nitrogen and oxygen atoms in total. The van der Waals surface area contributed by atoms with E-state index in [1.54, 1.807) is 12.1 Å². The normalized spacial score (nSPS) is 13.2. The molecule has 1 N–H and O–H groups in total. The average Bonchev–Trinajstić information content (AvgIpc) is 2.99. The van der Waals surface area contributed by atoms with Gasteiger partial charge in [0.15, 0.2) is 18.1 Å². The molecule has 7 heteroatoms. The van der Waals surface area contributed by atoms with Crippen molar-refractivity contribution in [3.8, 4) is 11.5 Å². The number of ether oxygens (including phenoxy) is 3. The number of carbonyl (C=O) groups is 2. The number of halogens is 1. The lowest BCUT2D eigenvalue weighted by Gasteiger charge is -2.24. The van der Waals surface area contributed by atoms with E-state index < -0.39 is 5.97 Å². The van der Waals surface area contributed by atoms with E-state index in [1.165, 1.54) is 12.2 Å². The summed E-state index contributed by atoms with van der Waals surface area (Å²) in [5.41, 5.74) is 0.334. The second-order valence-corrected chi connectivity index (χ2v) is 6.37. The molecule has 0 bridgehead atoms. The Morgan fingerprint density at radius 1 is 1.38 bits per heavy atom. The van der Waals surface area contributed by atoms with Crippen LogP contribution in [0.5, 0.6) is 11.5 Å². The van der Waals surface area contributed by atoms with Gasteiger partial charge in [-0.05, 0) is 44.0 Å². The summed E-state index contributed by atoms with van der Waals surface area (Å²) in [4.78, 5) is 23.4. The first-order chi connectivity index (χ1) is 11.3. The SMILES string of the molecule is CCC(C)(C)NC(=O)COC(=O)/C=C/c1cc(Cl)c2c(c1)OCO2. The van der Waals surface area contributed by atoms with Crippen molar-refractivity contribution >= 4 is 29.6 Å². The van der Waals surface area contributed by atoms with Gasteiger partial charge in [-0.1, -0.05) is 18.5 Å². The van der Waals surface area contributed by atoms with Crippen LogP contribution in [0.4, 0.5) is 0 Å². The van der Waals surface area contributed by atoms with Gasteiger partial charge in [0.1, 0.15) is 0 Å².